The van der Waals surface area contributed by atoms with E-state index in [1.54, 1.807) is 9.80 Å². The third-order valence-corrected chi connectivity index (χ3v) is 3.05. The van der Waals surface area contributed by atoms with Crippen molar-refractivity contribution in [1.82, 2.24) is 20.0 Å². The van der Waals surface area contributed by atoms with Gasteiger partial charge in [-0.05, 0) is 20.8 Å². The quantitative estimate of drug-likeness (QED) is 0.793. The Hall–Kier alpha value is -2.25. The third-order valence-electron chi connectivity index (χ3n) is 3.05. The first-order valence-corrected chi connectivity index (χ1v) is 6.84. The van der Waals surface area contributed by atoms with E-state index in [2.05, 4.69) is 10.2 Å². The van der Waals surface area contributed by atoms with E-state index < -0.39 is 5.60 Å². The van der Waals surface area contributed by atoms with Crippen LogP contribution in [-0.2, 0) is 4.74 Å². The van der Waals surface area contributed by atoms with Gasteiger partial charge < -0.3 is 20.3 Å². The summed E-state index contributed by atoms with van der Waals surface area (Å²) < 4.78 is 5.31. The fourth-order valence-corrected chi connectivity index (χ4v) is 2.04. The molecule has 1 fully saturated rings. The van der Waals surface area contributed by atoms with Gasteiger partial charge in [-0.1, -0.05) is 0 Å². The fraction of sp³-hybridized carbons (Fsp3) is 0.615. The van der Waals surface area contributed by atoms with Gasteiger partial charge in [0.25, 0.3) is 5.91 Å². The van der Waals surface area contributed by atoms with Crippen LogP contribution < -0.4 is 5.73 Å². The molecule has 1 aliphatic rings. The molecule has 0 aromatic carbocycles. The standard InChI is InChI=1S/C13H21N5O3/c1-13(2,3)21-12(20)18-6-4-17(5-7-18)11(19)9-8-10(14)16-15-9/h8H,4-7H2,1-3H3,(H3,14,15,16). The number of aromatic nitrogens is 2. The van der Waals surface area contributed by atoms with Gasteiger partial charge in [0.1, 0.15) is 17.1 Å². The molecular formula is C13H21N5O3. The summed E-state index contributed by atoms with van der Waals surface area (Å²) in [5.74, 6) is 0.119. The molecule has 2 rings (SSSR count). The molecule has 1 saturated heterocycles. The smallest absolute Gasteiger partial charge is 0.410 e. The van der Waals surface area contributed by atoms with E-state index >= 15 is 0 Å². The van der Waals surface area contributed by atoms with Gasteiger partial charge in [-0.3, -0.25) is 9.89 Å². The summed E-state index contributed by atoms with van der Waals surface area (Å²) in [6, 6.07) is 1.50. The number of hydrogen-bond donors (Lipinski definition) is 2. The molecule has 1 aromatic heterocycles. The Morgan fingerprint density at radius 2 is 1.81 bits per heavy atom. The normalized spacial score (nSPS) is 16.0. The Morgan fingerprint density at radius 1 is 1.24 bits per heavy atom. The van der Waals surface area contributed by atoms with Crippen LogP contribution in [0.2, 0.25) is 0 Å². The van der Waals surface area contributed by atoms with Crippen LogP contribution in [0.4, 0.5) is 10.6 Å². The first-order valence-electron chi connectivity index (χ1n) is 6.84. The van der Waals surface area contributed by atoms with Crippen molar-refractivity contribution in [2.45, 2.75) is 26.4 Å². The van der Waals surface area contributed by atoms with Gasteiger partial charge in [0.05, 0.1) is 0 Å². The highest BCUT2D eigenvalue weighted by atomic mass is 16.6. The summed E-state index contributed by atoms with van der Waals surface area (Å²) in [7, 11) is 0. The zero-order valence-electron chi connectivity index (χ0n) is 12.5. The molecule has 0 radical (unpaired) electrons. The van der Waals surface area contributed by atoms with Gasteiger partial charge in [0, 0.05) is 32.2 Å². The van der Waals surface area contributed by atoms with Crippen LogP contribution >= 0.6 is 0 Å². The Morgan fingerprint density at radius 3 is 2.29 bits per heavy atom. The zero-order valence-corrected chi connectivity index (χ0v) is 12.5. The summed E-state index contributed by atoms with van der Waals surface area (Å²) in [5, 5.41) is 6.33. The average molecular weight is 295 g/mol. The Labute approximate surface area is 123 Å². The number of carbonyl (C=O) groups is 2. The Balaban J connectivity index is 1.88. The van der Waals surface area contributed by atoms with E-state index in [9.17, 15) is 9.59 Å². The minimum absolute atomic E-state index is 0.164. The molecule has 1 aliphatic heterocycles. The number of nitrogen functional groups attached to an aromatic ring is 1. The van der Waals surface area contributed by atoms with Crippen molar-refractivity contribution in [3.63, 3.8) is 0 Å². The number of H-pyrrole nitrogens is 1. The molecule has 0 bridgehead atoms. The molecule has 0 saturated carbocycles. The van der Waals surface area contributed by atoms with E-state index in [1.807, 2.05) is 20.8 Å². The first-order chi connectivity index (χ1) is 9.76. The fourth-order valence-electron chi connectivity index (χ4n) is 2.04. The predicted octanol–water partition coefficient (Wildman–Crippen LogP) is 0.685. The van der Waals surface area contributed by atoms with Gasteiger partial charge in [0.15, 0.2) is 0 Å². The molecule has 21 heavy (non-hydrogen) atoms. The van der Waals surface area contributed by atoms with Gasteiger partial charge in [-0.2, -0.15) is 5.10 Å². The molecule has 0 unspecified atom stereocenters. The van der Waals surface area contributed by atoms with Crippen LogP contribution in [-0.4, -0.2) is 63.8 Å². The predicted molar refractivity (Wildman–Crippen MR) is 76.7 cm³/mol. The first kappa shape index (κ1) is 15.1. The number of nitrogens with zero attached hydrogens (tertiary/aromatic N) is 3. The van der Waals surface area contributed by atoms with Crippen molar-refractivity contribution in [2.24, 2.45) is 0 Å². The highest BCUT2D eigenvalue weighted by Gasteiger charge is 2.28. The number of aromatic amines is 1. The van der Waals surface area contributed by atoms with E-state index in [-0.39, 0.29) is 17.8 Å². The lowest BCUT2D eigenvalue weighted by Gasteiger charge is -2.35. The van der Waals surface area contributed by atoms with Crippen LogP contribution in [0, 0.1) is 0 Å². The topological polar surface area (TPSA) is 105 Å². The van der Waals surface area contributed by atoms with Crippen molar-refractivity contribution < 1.29 is 14.3 Å². The minimum Gasteiger partial charge on any atom is -0.444 e. The number of rotatable bonds is 1. The molecule has 0 atom stereocenters. The summed E-state index contributed by atoms with van der Waals surface area (Å²) in [6.45, 7) is 7.29. The summed E-state index contributed by atoms with van der Waals surface area (Å²) in [6.07, 6.45) is -0.347. The molecule has 2 amide bonds. The van der Waals surface area contributed by atoms with Gasteiger partial charge in [0.2, 0.25) is 0 Å². The Bertz CT molecular complexity index is 526. The molecule has 116 valence electrons. The maximum atomic E-state index is 12.2. The monoisotopic (exact) mass is 295 g/mol. The number of piperazine rings is 1. The number of nitrogens with one attached hydrogen (secondary N) is 1. The van der Waals surface area contributed by atoms with Crippen molar-refractivity contribution in [3.8, 4) is 0 Å². The van der Waals surface area contributed by atoms with Crippen LogP contribution in [0.1, 0.15) is 31.3 Å². The second kappa shape index (κ2) is 5.63. The molecule has 8 nitrogen and oxygen atoms in total. The summed E-state index contributed by atoms with van der Waals surface area (Å²) in [5.41, 5.74) is 5.33. The zero-order chi connectivity index (χ0) is 15.6. The highest BCUT2D eigenvalue weighted by Crippen LogP contribution is 2.13. The van der Waals surface area contributed by atoms with Crippen LogP contribution in [0.5, 0.6) is 0 Å². The lowest BCUT2D eigenvalue weighted by molar-refractivity contribution is 0.0140. The minimum atomic E-state index is -0.516. The maximum Gasteiger partial charge on any atom is 0.410 e. The number of amides is 2. The third kappa shape index (κ3) is 3.87. The van der Waals surface area contributed by atoms with Crippen molar-refractivity contribution in [3.05, 3.63) is 11.8 Å². The summed E-state index contributed by atoms with van der Waals surface area (Å²) >= 11 is 0. The molecule has 1 aromatic rings. The average Bonchev–Trinajstić information content (AvgIpc) is 2.83. The van der Waals surface area contributed by atoms with E-state index in [4.69, 9.17) is 10.5 Å². The molecule has 2 heterocycles. The number of hydrogen-bond acceptors (Lipinski definition) is 5. The van der Waals surface area contributed by atoms with Crippen LogP contribution in [0.25, 0.3) is 0 Å². The lowest BCUT2D eigenvalue weighted by atomic mass is 10.2. The van der Waals surface area contributed by atoms with Crippen molar-refractivity contribution in [2.75, 3.05) is 31.9 Å². The second-order valence-electron chi connectivity index (χ2n) is 5.97. The van der Waals surface area contributed by atoms with Gasteiger partial charge in [-0.15, -0.1) is 0 Å². The van der Waals surface area contributed by atoms with Crippen molar-refractivity contribution in [1.29, 1.82) is 0 Å². The van der Waals surface area contributed by atoms with Gasteiger partial charge in [-0.25, -0.2) is 4.79 Å². The lowest BCUT2D eigenvalue weighted by Crippen LogP contribution is -2.51. The molecule has 3 N–H and O–H groups in total. The second-order valence-corrected chi connectivity index (χ2v) is 5.97. The van der Waals surface area contributed by atoms with E-state index in [0.29, 0.717) is 31.9 Å². The molecule has 0 aliphatic carbocycles. The molecule has 8 heteroatoms. The maximum absolute atomic E-state index is 12.2. The number of nitrogens with two attached hydrogens (primary N) is 1. The number of ether oxygens (including phenoxy) is 1. The van der Waals surface area contributed by atoms with Gasteiger partial charge >= 0.3 is 6.09 Å². The largest absolute Gasteiger partial charge is 0.444 e. The van der Waals surface area contributed by atoms with Crippen molar-refractivity contribution >= 4 is 17.8 Å². The van der Waals surface area contributed by atoms with E-state index in [0.717, 1.165) is 0 Å². The van der Waals surface area contributed by atoms with Crippen LogP contribution in [0.3, 0.4) is 0 Å². The van der Waals surface area contributed by atoms with E-state index in [1.165, 1.54) is 6.07 Å². The number of carbonyl (C=O) groups excluding carboxylic acids is 2. The molecular weight excluding hydrogens is 274 g/mol. The Kier molecular flexibility index (Phi) is 4.06. The molecule has 0 spiro atoms. The highest BCUT2D eigenvalue weighted by molar-refractivity contribution is 5.93. The number of anilines is 1. The SMILES string of the molecule is CC(C)(C)OC(=O)N1CCN(C(=O)c2cc(N)n[nH]2)CC1. The van der Waals surface area contributed by atoms with Crippen LogP contribution in [0.15, 0.2) is 6.07 Å². The summed E-state index contributed by atoms with van der Waals surface area (Å²) in [4.78, 5) is 27.4.